The Morgan fingerprint density at radius 3 is 2.50 bits per heavy atom. The maximum absolute atomic E-state index is 13.5. The number of nitrogen functional groups attached to an aromatic ring is 1. The molecule has 4 N–H and O–H groups in total. The fourth-order valence-electron chi connectivity index (χ4n) is 1.63. The Balaban J connectivity index is 2.00. The van der Waals surface area contributed by atoms with E-state index in [1.54, 1.807) is 0 Å². The van der Waals surface area contributed by atoms with Crippen LogP contribution >= 0.6 is 0 Å². The van der Waals surface area contributed by atoms with Gasteiger partial charge in [-0.15, -0.1) is 0 Å². The van der Waals surface area contributed by atoms with E-state index in [9.17, 15) is 13.6 Å². The van der Waals surface area contributed by atoms with Crippen LogP contribution in [-0.2, 0) is 6.54 Å². The summed E-state index contributed by atoms with van der Waals surface area (Å²) < 4.78 is 26.5. The lowest BCUT2D eigenvalue weighted by Gasteiger charge is -2.11. The first-order valence-electron chi connectivity index (χ1n) is 5.90. The van der Waals surface area contributed by atoms with Crippen LogP contribution in [0.25, 0.3) is 0 Å². The van der Waals surface area contributed by atoms with E-state index in [1.165, 1.54) is 6.07 Å². The van der Waals surface area contributed by atoms with Crippen molar-refractivity contribution in [2.75, 3.05) is 11.1 Å². The zero-order valence-corrected chi connectivity index (χ0v) is 10.5. The highest BCUT2D eigenvalue weighted by molar-refractivity contribution is 5.92. The highest BCUT2D eigenvalue weighted by atomic mass is 19.2. The largest absolute Gasteiger partial charge is 0.397 e. The molecule has 0 aliphatic rings. The second kappa shape index (κ2) is 6.01. The zero-order valence-electron chi connectivity index (χ0n) is 10.5. The highest BCUT2D eigenvalue weighted by Gasteiger charge is 2.14. The number of nitrogens with two attached hydrogens (primary N) is 1. The average Bonchev–Trinajstić information content (AvgIpc) is 2.46. The van der Waals surface area contributed by atoms with Gasteiger partial charge in [-0.1, -0.05) is 30.3 Å². The van der Waals surface area contributed by atoms with E-state index >= 15 is 0 Å². The molecule has 4 nitrogen and oxygen atoms in total. The minimum atomic E-state index is -1.18. The molecule has 0 bridgehead atoms. The molecule has 0 radical (unpaired) electrons. The molecule has 0 aliphatic heterocycles. The molecule has 2 aromatic carbocycles. The number of amides is 2. The maximum atomic E-state index is 13.5. The minimum absolute atomic E-state index is 0.0428. The van der Waals surface area contributed by atoms with Crippen LogP contribution in [0.5, 0.6) is 0 Å². The first-order valence-corrected chi connectivity index (χ1v) is 5.90. The predicted molar refractivity (Wildman–Crippen MR) is 73.1 cm³/mol. The van der Waals surface area contributed by atoms with Gasteiger partial charge in [-0.3, -0.25) is 0 Å². The van der Waals surface area contributed by atoms with Crippen molar-refractivity contribution in [3.05, 3.63) is 59.7 Å². The van der Waals surface area contributed by atoms with Gasteiger partial charge in [0.15, 0.2) is 11.6 Å². The molecule has 2 amide bonds. The SMILES string of the molecule is Nc1ccc(F)c(F)c1NC(=O)NCc1ccccc1. The van der Waals surface area contributed by atoms with E-state index in [0.717, 1.165) is 11.6 Å². The second-order valence-corrected chi connectivity index (χ2v) is 4.12. The first kappa shape index (κ1) is 13.8. The van der Waals surface area contributed by atoms with E-state index in [4.69, 9.17) is 5.73 Å². The van der Waals surface area contributed by atoms with Crippen LogP contribution in [0.2, 0.25) is 0 Å². The summed E-state index contributed by atoms with van der Waals surface area (Å²) in [4.78, 5) is 11.6. The topological polar surface area (TPSA) is 67.1 Å². The Morgan fingerprint density at radius 2 is 1.80 bits per heavy atom. The van der Waals surface area contributed by atoms with E-state index in [2.05, 4.69) is 10.6 Å². The molecular weight excluding hydrogens is 264 g/mol. The number of nitrogens with one attached hydrogen (secondary N) is 2. The summed E-state index contributed by atoms with van der Waals surface area (Å²) >= 11 is 0. The molecule has 2 aromatic rings. The minimum Gasteiger partial charge on any atom is -0.397 e. The van der Waals surface area contributed by atoms with E-state index in [0.29, 0.717) is 0 Å². The molecule has 104 valence electrons. The van der Waals surface area contributed by atoms with Gasteiger partial charge in [-0.2, -0.15) is 0 Å². The van der Waals surface area contributed by atoms with Gasteiger partial charge in [-0.25, -0.2) is 13.6 Å². The number of hydrogen-bond acceptors (Lipinski definition) is 2. The van der Waals surface area contributed by atoms with Crippen LogP contribution in [0.3, 0.4) is 0 Å². The van der Waals surface area contributed by atoms with Crippen molar-refractivity contribution < 1.29 is 13.6 Å². The number of carbonyl (C=O) groups excluding carboxylic acids is 1. The van der Waals surface area contributed by atoms with Crippen molar-refractivity contribution in [2.24, 2.45) is 0 Å². The summed E-state index contributed by atoms with van der Waals surface area (Å²) in [6.07, 6.45) is 0. The standard InChI is InChI=1S/C14H13F2N3O/c15-10-6-7-11(17)13(12(10)16)19-14(20)18-8-9-4-2-1-3-5-9/h1-7H,8,17H2,(H2,18,19,20). The van der Waals surface area contributed by atoms with Gasteiger partial charge in [0, 0.05) is 6.54 Å². The van der Waals surface area contributed by atoms with Crippen molar-refractivity contribution >= 4 is 17.4 Å². The molecule has 0 spiro atoms. The molecule has 0 fully saturated rings. The van der Waals surface area contributed by atoms with Gasteiger partial charge in [0.1, 0.15) is 5.69 Å². The van der Waals surface area contributed by atoms with Gasteiger partial charge in [-0.05, 0) is 17.7 Å². The van der Waals surface area contributed by atoms with Crippen LogP contribution < -0.4 is 16.4 Å². The third-order valence-electron chi connectivity index (χ3n) is 2.66. The summed E-state index contributed by atoms with van der Waals surface area (Å²) in [7, 11) is 0. The Hall–Kier alpha value is -2.63. The summed E-state index contributed by atoms with van der Waals surface area (Å²) in [5.74, 6) is -2.25. The fraction of sp³-hybridized carbons (Fsp3) is 0.0714. The van der Waals surface area contributed by atoms with Gasteiger partial charge >= 0.3 is 6.03 Å². The molecule has 0 unspecified atom stereocenters. The lowest BCUT2D eigenvalue weighted by molar-refractivity contribution is 0.251. The second-order valence-electron chi connectivity index (χ2n) is 4.12. The fourth-order valence-corrected chi connectivity index (χ4v) is 1.63. The Morgan fingerprint density at radius 1 is 1.10 bits per heavy atom. The highest BCUT2D eigenvalue weighted by Crippen LogP contribution is 2.24. The lowest BCUT2D eigenvalue weighted by Crippen LogP contribution is -2.29. The van der Waals surface area contributed by atoms with Crippen LogP contribution in [0.4, 0.5) is 25.0 Å². The number of halogens is 2. The Labute approximate surface area is 114 Å². The molecular formula is C14H13F2N3O. The molecule has 2 rings (SSSR count). The molecule has 6 heteroatoms. The predicted octanol–water partition coefficient (Wildman–Crippen LogP) is 2.87. The number of urea groups is 1. The molecule has 20 heavy (non-hydrogen) atoms. The third kappa shape index (κ3) is 3.23. The normalized spacial score (nSPS) is 10.1. The molecule has 0 saturated carbocycles. The Kier molecular flexibility index (Phi) is 4.14. The maximum Gasteiger partial charge on any atom is 0.319 e. The van der Waals surface area contributed by atoms with Crippen LogP contribution in [-0.4, -0.2) is 6.03 Å². The monoisotopic (exact) mass is 277 g/mol. The summed E-state index contributed by atoms with van der Waals surface area (Å²) in [6, 6.07) is 10.6. The molecule has 0 heterocycles. The van der Waals surface area contributed by atoms with Crippen molar-refractivity contribution in [3.63, 3.8) is 0 Å². The lowest BCUT2D eigenvalue weighted by atomic mass is 10.2. The number of anilines is 2. The number of rotatable bonds is 3. The number of hydrogen-bond donors (Lipinski definition) is 3. The number of carbonyl (C=O) groups is 1. The molecule has 0 aromatic heterocycles. The van der Waals surface area contributed by atoms with E-state index < -0.39 is 17.7 Å². The van der Waals surface area contributed by atoms with Crippen molar-refractivity contribution in [1.82, 2.24) is 5.32 Å². The Bertz CT molecular complexity index is 617. The van der Waals surface area contributed by atoms with Crippen LogP contribution in [0, 0.1) is 11.6 Å². The number of benzene rings is 2. The quantitative estimate of drug-likeness (QED) is 0.755. The van der Waals surface area contributed by atoms with Crippen LogP contribution in [0.15, 0.2) is 42.5 Å². The van der Waals surface area contributed by atoms with Gasteiger partial charge in [0.05, 0.1) is 5.69 Å². The van der Waals surface area contributed by atoms with Gasteiger partial charge in [0.2, 0.25) is 0 Å². The summed E-state index contributed by atoms with van der Waals surface area (Å²) in [5, 5.41) is 4.73. The van der Waals surface area contributed by atoms with Crippen LogP contribution in [0.1, 0.15) is 5.56 Å². The molecule has 0 saturated heterocycles. The van der Waals surface area contributed by atoms with Crippen molar-refractivity contribution in [2.45, 2.75) is 6.54 Å². The molecule has 0 atom stereocenters. The van der Waals surface area contributed by atoms with Gasteiger partial charge in [0.25, 0.3) is 0 Å². The summed E-state index contributed by atoms with van der Waals surface area (Å²) in [5.41, 5.74) is 5.97. The van der Waals surface area contributed by atoms with Crippen molar-refractivity contribution in [3.8, 4) is 0 Å². The third-order valence-corrected chi connectivity index (χ3v) is 2.66. The first-order chi connectivity index (χ1) is 9.58. The smallest absolute Gasteiger partial charge is 0.319 e. The van der Waals surface area contributed by atoms with Crippen molar-refractivity contribution in [1.29, 1.82) is 0 Å². The zero-order chi connectivity index (χ0) is 14.5. The van der Waals surface area contributed by atoms with Gasteiger partial charge < -0.3 is 16.4 Å². The van der Waals surface area contributed by atoms with E-state index in [1.807, 2.05) is 30.3 Å². The summed E-state index contributed by atoms with van der Waals surface area (Å²) in [6.45, 7) is 0.267. The molecule has 0 aliphatic carbocycles. The average molecular weight is 277 g/mol. The van der Waals surface area contributed by atoms with E-state index in [-0.39, 0.29) is 17.9 Å².